The van der Waals surface area contributed by atoms with Crippen molar-refractivity contribution in [2.24, 2.45) is 0 Å². The van der Waals surface area contributed by atoms with Gasteiger partial charge in [0.1, 0.15) is 10.9 Å². The highest BCUT2D eigenvalue weighted by atomic mass is 32.2. The molecule has 3 aromatic rings. The van der Waals surface area contributed by atoms with E-state index in [2.05, 4.69) is 0 Å². The summed E-state index contributed by atoms with van der Waals surface area (Å²) in [5, 5.41) is 0. The molecule has 0 saturated heterocycles. The van der Waals surface area contributed by atoms with Gasteiger partial charge in [0.2, 0.25) is 10.7 Å². The van der Waals surface area contributed by atoms with Crippen LogP contribution in [0.25, 0.3) is 0 Å². The van der Waals surface area contributed by atoms with E-state index in [1.54, 1.807) is 12.1 Å². The van der Waals surface area contributed by atoms with E-state index in [4.69, 9.17) is 0 Å². The van der Waals surface area contributed by atoms with E-state index in [1.165, 1.54) is 0 Å². The maximum atomic E-state index is 14.3. The molecule has 0 N–H and O–H groups in total. The molecule has 0 aromatic heterocycles. The van der Waals surface area contributed by atoms with Crippen LogP contribution < -0.4 is 0 Å². The average molecular weight is 299 g/mol. The maximum Gasteiger partial charge on any atom is 0.214 e. The Hall–Kier alpha value is -2.13. The van der Waals surface area contributed by atoms with Crippen LogP contribution in [0.2, 0.25) is 0 Å². The van der Waals surface area contributed by atoms with Crippen molar-refractivity contribution in [3.63, 3.8) is 0 Å². The van der Waals surface area contributed by atoms with Gasteiger partial charge in [-0.3, -0.25) is 0 Å². The summed E-state index contributed by atoms with van der Waals surface area (Å²) in [7, 11) is -0.651. The number of rotatable bonds is 3. The highest BCUT2D eigenvalue weighted by Crippen LogP contribution is 2.33. The van der Waals surface area contributed by atoms with Gasteiger partial charge in [0.25, 0.3) is 0 Å². The molecule has 0 amide bonds. The van der Waals surface area contributed by atoms with Crippen LogP contribution in [0.5, 0.6) is 0 Å². The molecule has 0 radical (unpaired) electrons. The summed E-state index contributed by atoms with van der Waals surface area (Å²) in [6, 6.07) is 23.6. The lowest BCUT2D eigenvalue weighted by Crippen LogP contribution is -2.08. The maximum absolute atomic E-state index is 14.3. The molecule has 0 bridgehead atoms. The van der Waals surface area contributed by atoms with E-state index in [9.17, 15) is 8.78 Å². The molecule has 0 unspecified atom stereocenters. The lowest BCUT2D eigenvalue weighted by Gasteiger charge is -2.08. The molecule has 0 saturated carbocycles. The summed E-state index contributed by atoms with van der Waals surface area (Å²) in [5.74, 6) is -1.58. The van der Waals surface area contributed by atoms with Crippen LogP contribution in [0.3, 0.4) is 0 Å². The van der Waals surface area contributed by atoms with Gasteiger partial charge < -0.3 is 0 Å². The molecule has 21 heavy (non-hydrogen) atoms. The van der Waals surface area contributed by atoms with Gasteiger partial charge in [-0.1, -0.05) is 42.5 Å². The average Bonchev–Trinajstić information content (AvgIpc) is 2.54. The Morgan fingerprint density at radius 1 is 0.571 bits per heavy atom. The Morgan fingerprint density at radius 2 is 1.10 bits per heavy atom. The van der Waals surface area contributed by atoms with Crippen molar-refractivity contribution in [2.45, 2.75) is 14.7 Å². The highest BCUT2D eigenvalue weighted by Gasteiger charge is 2.32. The second-order valence-electron chi connectivity index (χ2n) is 4.48. The van der Waals surface area contributed by atoms with Crippen LogP contribution in [0.4, 0.5) is 8.78 Å². The molecule has 0 heterocycles. The molecule has 3 rings (SSSR count). The molecule has 0 fully saturated rings. The largest absolute Gasteiger partial charge is 0.214 e. The van der Waals surface area contributed by atoms with Crippen LogP contribution in [-0.4, -0.2) is 0 Å². The SMILES string of the molecule is Fc1cccc([S+](c2ccccc2)c2ccccc2)c1F. The third kappa shape index (κ3) is 2.83. The van der Waals surface area contributed by atoms with Gasteiger partial charge in [-0.15, -0.1) is 0 Å². The van der Waals surface area contributed by atoms with Crippen molar-refractivity contribution in [2.75, 3.05) is 0 Å². The summed E-state index contributed by atoms with van der Waals surface area (Å²) in [6.45, 7) is 0. The minimum atomic E-state index is -0.808. The van der Waals surface area contributed by atoms with Crippen molar-refractivity contribution >= 4 is 10.9 Å². The van der Waals surface area contributed by atoms with Gasteiger partial charge in [-0.25, -0.2) is 4.39 Å². The zero-order chi connectivity index (χ0) is 14.7. The predicted octanol–water partition coefficient (Wildman–Crippen LogP) is 5.06. The first-order chi connectivity index (χ1) is 10.3. The van der Waals surface area contributed by atoms with Crippen molar-refractivity contribution in [1.29, 1.82) is 0 Å². The third-order valence-corrected chi connectivity index (χ3v) is 5.34. The monoisotopic (exact) mass is 299 g/mol. The fraction of sp³-hybridized carbons (Fsp3) is 0. The Balaban J connectivity index is 2.20. The zero-order valence-corrected chi connectivity index (χ0v) is 12.0. The molecular weight excluding hydrogens is 286 g/mol. The van der Waals surface area contributed by atoms with E-state index in [0.29, 0.717) is 4.90 Å². The van der Waals surface area contributed by atoms with Crippen LogP contribution in [0, 0.1) is 11.6 Å². The molecule has 0 aliphatic rings. The molecule has 0 spiro atoms. The van der Waals surface area contributed by atoms with Gasteiger partial charge in [-0.05, 0) is 36.4 Å². The van der Waals surface area contributed by atoms with Crippen LogP contribution >= 0.6 is 0 Å². The Kier molecular flexibility index (Phi) is 4.02. The summed E-state index contributed by atoms with van der Waals surface area (Å²) < 4.78 is 27.9. The van der Waals surface area contributed by atoms with Crippen molar-refractivity contribution in [1.82, 2.24) is 0 Å². The van der Waals surface area contributed by atoms with Gasteiger partial charge in [-0.2, -0.15) is 4.39 Å². The van der Waals surface area contributed by atoms with Crippen LogP contribution in [-0.2, 0) is 10.9 Å². The van der Waals surface area contributed by atoms with E-state index in [0.717, 1.165) is 15.9 Å². The minimum absolute atomic E-state index is 0.382. The summed E-state index contributed by atoms with van der Waals surface area (Å²) in [5.41, 5.74) is 0. The lowest BCUT2D eigenvalue weighted by atomic mass is 10.3. The van der Waals surface area contributed by atoms with Gasteiger partial charge in [0.05, 0.1) is 0 Å². The van der Waals surface area contributed by atoms with Gasteiger partial charge in [0.15, 0.2) is 15.6 Å². The lowest BCUT2D eigenvalue weighted by molar-refractivity contribution is 0.491. The molecule has 3 aromatic carbocycles. The Bertz CT molecular complexity index is 687. The van der Waals surface area contributed by atoms with Crippen molar-refractivity contribution in [3.8, 4) is 0 Å². The van der Waals surface area contributed by atoms with Gasteiger partial charge in [0, 0.05) is 0 Å². The highest BCUT2D eigenvalue weighted by molar-refractivity contribution is 7.97. The number of halogens is 2. The van der Waals surface area contributed by atoms with E-state index < -0.39 is 22.5 Å². The number of benzene rings is 3. The summed E-state index contributed by atoms with van der Waals surface area (Å²) >= 11 is 0. The predicted molar refractivity (Wildman–Crippen MR) is 81.4 cm³/mol. The summed E-state index contributed by atoms with van der Waals surface area (Å²) in [4.78, 5) is 2.31. The Labute approximate surface area is 125 Å². The number of hydrogen-bond donors (Lipinski definition) is 0. The first-order valence-corrected chi connectivity index (χ1v) is 7.78. The Morgan fingerprint density at radius 3 is 1.62 bits per heavy atom. The smallest absolute Gasteiger partial charge is 0.204 e. The fourth-order valence-corrected chi connectivity index (χ4v) is 4.27. The van der Waals surface area contributed by atoms with E-state index in [-0.39, 0.29) is 0 Å². The molecule has 3 heteroatoms. The molecule has 0 atom stereocenters. The second kappa shape index (κ2) is 6.10. The zero-order valence-electron chi connectivity index (χ0n) is 11.2. The van der Waals surface area contributed by atoms with E-state index >= 15 is 0 Å². The minimum Gasteiger partial charge on any atom is -0.204 e. The topological polar surface area (TPSA) is 0 Å². The second-order valence-corrected chi connectivity index (χ2v) is 6.48. The van der Waals surface area contributed by atoms with Crippen LogP contribution in [0.15, 0.2) is 93.5 Å². The number of hydrogen-bond acceptors (Lipinski definition) is 0. The first kappa shape index (κ1) is 13.8. The standard InChI is InChI=1S/C18H13F2S/c19-16-12-7-13-17(18(16)20)21(14-8-3-1-4-9-14)15-10-5-2-6-11-15/h1-13H/q+1. The molecule has 0 aliphatic carbocycles. The van der Waals surface area contributed by atoms with Crippen molar-refractivity contribution < 1.29 is 8.78 Å². The van der Waals surface area contributed by atoms with E-state index in [1.807, 2.05) is 60.7 Å². The molecule has 104 valence electrons. The first-order valence-electron chi connectivity index (χ1n) is 6.56. The van der Waals surface area contributed by atoms with Crippen LogP contribution in [0.1, 0.15) is 0 Å². The quantitative estimate of drug-likeness (QED) is 0.593. The summed E-state index contributed by atoms with van der Waals surface area (Å²) in [6.07, 6.45) is 0. The normalized spacial score (nSPS) is 10.8. The van der Waals surface area contributed by atoms with Crippen molar-refractivity contribution in [3.05, 3.63) is 90.5 Å². The molecule has 0 aliphatic heterocycles. The third-order valence-electron chi connectivity index (χ3n) is 3.09. The van der Waals surface area contributed by atoms with Gasteiger partial charge >= 0.3 is 0 Å². The molecular formula is C18H13F2S+. The fourth-order valence-electron chi connectivity index (χ4n) is 2.14. The molecule has 0 nitrogen and oxygen atoms in total.